The number of ether oxygens (including phenoxy) is 1. The van der Waals surface area contributed by atoms with Crippen LogP contribution in [0.25, 0.3) is 0 Å². The molecule has 0 radical (unpaired) electrons. The van der Waals surface area contributed by atoms with Gasteiger partial charge in [-0.05, 0) is 11.5 Å². The van der Waals surface area contributed by atoms with Crippen molar-refractivity contribution in [1.29, 1.82) is 0 Å². The first-order chi connectivity index (χ1) is 10.1. The molecule has 1 aromatic carbocycles. The van der Waals surface area contributed by atoms with Gasteiger partial charge in [-0.1, -0.05) is 51.1 Å². The molecule has 0 unspecified atom stereocenters. The molecule has 0 aliphatic carbocycles. The van der Waals surface area contributed by atoms with E-state index in [1.807, 2.05) is 25.1 Å². The second kappa shape index (κ2) is 8.54. The van der Waals surface area contributed by atoms with Crippen molar-refractivity contribution >= 4 is 18.4 Å². The van der Waals surface area contributed by atoms with E-state index in [1.54, 1.807) is 0 Å². The van der Waals surface area contributed by atoms with Crippen LogP contribution in [-0.4, -0.2) is 30.5 Å². The molecular weight excluding hydrogens is 298 g/mol. The van der Waals surface area contributed by atoms with Gasteiger partial charge in [0.2, 0.25) is 0 Å². The average molecular weight is 326 g/mol. The van der Waals surface area contributed by atoms with Gasteiger partial charge in [0.15, 0.2) is 0 Å². The van der Waals surface area contributed by atoms with Gasteiger partial charge in [0.05, 0.1) is 0 Å². The quantitative estimate of drug-likeness (QED) is 0.766. The summed E-state index contributed by atoms with van der Waals surface area (Å²) in [5.41, 5.74) is 0.706. The highest BCUT2D eigenvalue weighted by Gasteiger charge is 2.39. The van der Waals surface area contributed by atoms with E-state index in [9.17, 15) is 4.79 Å². The molecular formula is C18H28ClNO2. The molecule has 1 heterocycles. The van der Waals surface area contributed by atoms with Crippen LogP contribution >= 0.6 is 12.4 Å². The molecule has 0 aromatic heterocycles. The molecule has 1 saturated heterocycles. The van der Waals surface area contributed by atoms with Crippen LogP contribution < -0.4 is 0 Å². The minimum Gasteiger partial charge on any atom is -0.454 e. The number of piperidine rings is 1. The summed E-state index contributed by atoms with van der Waals surface area (Å²) in [7, 11) is 0. The monoisotopic (exact) mass is 325 g/mol. The fourth-order valence-corrected chi connectivity index (χ4v) is 3.09. The Morgan fingerprint density at radius 3 is 2.32 bits per heavy atom. The van der Waals surface area contributed by atoms with E-state index in [0.29, 0.717) is 12.3 Å². The van der Waals surface area contributed by atoms with Crippen molar-refractivity contribution in [3.05, 3.63) is 35.9 Å². The van der Waals surface area contributed by atoms with E-state index >= 15 is 0 Å². The molecule has 22 heavy (non-hydrogen) atoms. The first-order valence-electron chi connectivity index (χ1n) is 8.05. The van der Waals surface area contributed by atoms with Gasteiger partial charge in [-0.25, -0.2) is 0 Å². The number of carbonyl (C=O) groups excluding carboxylic acids is 1. The minimum atomic E-state index is -0.429. The van der Waals surface area contributed by atoms with Crippen molar-refractivity contribution < 1.29 is 9.53 Å². The van der Waals surface area contributed by atoms with Gasteiger partial charge >= 0.3 is 5.97 Å². The molecule has 1 aromatic rings. The van der Waals surface area contributed by atoms with Crippen LogP contribution in [0.5, 0.6) is 0 Å². The molecule has 124 valence electrons. The first kappa shape index (κ1) is 19.0. The number of carbonyl (C=O) groups is 1. The predicted molar refractivity (Wildman–Crippen MR) is 92.3 cm³/mol. The number of likely N-dealkylation sites (tertiary alicyclic amines) is 1. The summed E-state index contributed by atoms with van der Waals surface area (Å²) in [5.74, 6) is 0.573. The van der Waals surface area contributed by atoms with E-state index in [1.165, 1.54) is 0 Å². The number of hydrogen-bond donors (Lipinski definition) is 0. The second-order valence-corrected chi connectivity index (χ2v) is 6.38. The summed E-state index contributed by atoms with van der Waals surface area (Å²) in [6.07, 6.45) is 2.20. The zero-order valence-electron chi connectivity index (χ0n) is 13.9. The Labute approximate surface area is 140 Å². The summed E-state index contributed by atoms with van der Waals surface area (Å²) < 4.78 is 5.90. The van der Waals surface area contributed by atoms with Gasteiger partial charge < -0.3 is 9.64 Å². The number of nitrogens with zero attached hydrogens (tertiary/aromatic N) is 1. The molecule has 1 aliphatic rings. The van der Waals surface area contributed by atoms with Crippen LogP contribution in [0.1, 0.15) is 45.6 Å². The fraction of sp³-hybridized carbons (Fsp3) is 0.611. The van der Waals surface area contributed by atoms with E-state index < -0.39 is 5.60 Å². The summed E-state index contributed by atoms with van der Waals surface area (Å²) in [4.78, 5) is 14.4. The van der Waals surface area contributed by atoms with Crippen molar-refractivity contribution in [2.45, 2.75) is 45.6 Å². The molecule has 0 atom stereocenters. The van der Waals surface area contributed by atoms with Crippen LogP contribution in [0, 0.1) is 5.92 Å². The first-order valence-corrected chi connectivity index (χ1v) is 8.05. The highest BCUT2D eigenvalue weighted by molar-refractivity contribution is 5.85. The van der Waals surface area contributed by atoms with Crippen LogP contribution in [0.15, 0.2) is 30.3 Å². The molecule has 0 N–H and O–H groups in total. The molecule has 3 nitrogen and oxygen atoms in total. The molecule has 0 saturated carbocycles. The lowest BCUT2D eigenvalue weighted by molar-refractivity contribution is -0.166. The molecule has 1 aliphatic heterocycles. The zero-order valence-corrected chi connectivity index (χ0v) is 14.7. The molecule has 2 rings (SSSR count). The number of rotatable bonds is 5. The molecule has 0 bridgehead atoms. The highest BCUT2D eigenvalue weighted by atomic mass is 35.5. The van der Waals surface area contributed by atoms with Gasteiger partial charge in [0.1, 0.15) is 5.60 Å². The molecule has 0 amide bonds. The third-order valence-corrected chi connectivity index (χ3v) is 4.18. The SMILES string of the molecule is CCC(=O)OC1(c2ccccc2)CCN(CC(C)C)CC1.Cl. The van der Waals surface area contributed by atoms with Crippen molar-refractivity contribution in [3.8, 4) is 0 Å². The Morgan fingerprint density at radius 2 is 1.82 bits per heavy atom. The normalized spacial score (nSPS) is 17.8. The topological polar surface area (TPSA) is 29.5 Å². The maximum Gasteiger partial charge on any atom is 0.306 e. The number of hydrogen-bond acceptors (Lipinski definition) is 3. The lowest BCUT2D eigenvalue weighted by atomic mass is 9.84. The van der Waals surface area contributed by atoms with Crippen LogP contribution in [0.2, 0.25) is 0 Å². The smallest absolute Gasteiger partial charge is 0.306 e. The average Bonchev–Trinajstić information content (AvgIpc) is 2.49. The zero-order chi connectivity index (χ0) is 15.3. The van der Waals surface area contributed by atoms with Gasteiger partial charge in [-0.2, -0.15) is 0 Å². The largest absolute Gasteiger partial charge is 0.454 e. The van der Waals surface area contributed by atoms with E-state index in [2.05, 4.69) is 30.9 Å². The van der Waals surface area contributed by atoms with Crippen LogP contribution in [-0.2, 0) is 15.1 Å². The summed E-state index contributed by atoms with van der Waals surface area (Å²) in [5, 5.41) is 0. The predicted octanol–water partition coefficient (Wildman–Crippen LogP) is 4.01. The van der Waals surface area contributed by atoms with Crippen molar-refractivity contribution in [1.82, 2.24) is 4.90 Å². The molecule has 0 spiro atoms. The van der Waals surface area contributed by atoms with Gasteiger partial charge in [-0.3, -0.25) is 4.79 Å². The van der Waals surface area contributed by atoms with Crippen LogP contribution in [0.3, 0.4) is 0 Å². The Balaban J connectivity index is 0.00000242. The molecule has 4 heteroatoms. The van der Waals surface area contributed by atoms with Crippen LogP contribution in [0.4, 0.5) is 0 Å². The minimum absolute atomic E-state index is 0. The van der Waals surface area contributed by atoms with Crippen molar-refractivity contribution in [2.24, 2.45) is 5.92 Å². The lowest BCUT2D eigenvalue weighted by Crippen LogP contribution is -2.46. The van der Waals surface area contributed by atoms with Gasteiger partial charge in [-0.15, -0.1) is 12.4 Å². The second-order valence-electron chi connectivity index (χ2n) is 6.38. The third kappa shape index (κ3) is 4.72. The van der Waals surface area contributed by atoms with Gasteiger partial charge in [0, 0.05) is 38.9 Å². The van der Waals surface area contributed by atoms with Crippen molar-refractivity contribution in [3.63, 3.8) is 0 Å². The standard InChI is InChI=1S/C18H27NO2.ClH/c1-4-17(20)21-18(16-8-6-5-7-9-16)10-12-19(13-11-18)14-15(2)3;/h5-9,15H,4,10-14H2,1-3H3;1H. The highest BCUT2D eigenvalue weighted by Crippen LogP contribution is 2.37. The number of benzene rings is 1. The lowest BCUT2D eigenvalue weighted by Gasteiger charge is -2.42. The maximum absolute atomic E-state index is 11.9. The Morgan fingerprint density at radius 1 is 1.23 bits per heavy atom. The van der Waals surface area contributed by atoms with Crippen molar-refractivity contribution in [2.75, 3.05) is 19.6 Å². The van der Waals surface area contributed by atoms with E-state index in [0.717, 1.165) is 38.0 Å². The summed E-state index contributed by atoms with van der Waals surface area (Å²) in [6, 6.07) is 10.2. The third-order valence-electron chi connectivity index (χ3n) is 4.18. The number of esters is 1. The Hall–Kier alpha value is -1.06. The number of halogens is 1. The Kier molecular flexibility index (Phi) is 7.37. The summed E-state index contributed by atoms with van der Waals surface area (Å²) >= 11 is 0. The fourth-order valence-electron chi connectivity index (χ4n) is 3.09. The van der Waals surface area contributed by atoms with E-state index in [-0.39, 0.29) is 18.4 Å². The van der Waals surface area contributed by atoms with Gasteiger partial charge in [0.25, 0.3) is 0 Å². The molecule has 1 fully saturated rings. The maximum atomic E-state index is 11.9. The van der Waals surface area contributed by atoms with E-state index in [4.69, 9.17) is 4.74 Å². The summed E-state index contributed by atoms with van der Waals surface area (Å²) in [6.45, 7) is 9.45. The Bertz CT molecular complexity index is 453.